The Bertz CT molecular complexity index is 140. The molecule has 3 heteroatoms. The summed E-state index contributed by atoms with van der Waals surface area (Å²) < 4.78 is 0. The zero-order valence-electron chi connectivity index (χ0n) is 8.13. The Morgan fingerprint density at radius 3 is 2.58 bits per heavy atom. The van der Waals surface area contributed by atoms with E-state index in [4.69, 9.17) is 5.26 Å². The van der Waals surface area contributed by atoms with Gasteiger partial charge in [0.25, 0.3) is 0 Å². The average Bonchev–Trinajstić information content (AvgIpc) is 2.05. The maximum Gasteiger partial charge on any atom is 0.104 e. The largest absolute Gasteiger partial charge is 0.301 e. The summed E-state index contributed by atoms with van der Waals surface area (Å²) in [6.45, 7) is 7.35. The van der Waals surface area contributed by atoms with Crippen LogP contribution in [0.4, 0.5) is 0 Å². The fourth-order valence-electron chi connectivity index (χ4n) is 0.749. The second kappa shape index (κ2) is 7.45. The summed E-state index contributed by atoms with van der Waals surface area (Å²) in [5.41, 5.74) is 0. The topological polar surface area (TPSA) is 35.8 Å². The first-order chi connectivity index (χ1) is 5.70. The van der Waals surface area contributed by atoms with Gasteiger partial charge in [0.1, 0.15) is 6.04 Å². The molecule has 1 atom stereocenters. The number of nitrogens with one attached hydrogen (secondary N) is 1. The average molecular weight is 186 g/mol. The van der Waals surface area contributed by atoms with Crippen LogP contribution in [0, 0.1) is 11.3 Å². The zero-order chi connectivity index (χ0) is 9.40. The molecule has 0 aromatic rings. The van der Waals surface area contributed by atoms with Crippen LogP contribution in [0.1, 0.15) is 27.2 Å². The van der Waals surface area contributed by atoms with Crippen LogP contribution in [0.25, 0.3) is 0 Å². The normalized spacial score (nSPS) is 12.9. The molecule has 12 heavy (non-hydrogen) atoms. The SMILES string of the molecule is CCCNC(C#N)CSC(C)C. The summed E-state index contributed by atoms with van der Waals surface area (Å²) in [6, 6.07) is 2.29. The monoisotopic (exact) mass is 186 g/mol. The predicted molar refractivity (Wildman–Crippen MR) is 55.3 cm³/mol. The molecule has 0 saturated heterocycles. The van der Waals surface area contributed by atoms with Gasteiger partial charge in [-0.05, 0) is 18.2 Å². The number of rotatable bonds is 6. The molecule has 2 nitrogen and oxygen atoms in total. The van der Waals surface area contributed by atoms with Crippen molar-refractivity contribution in [2.45, 2.75) is 38.5 Å². The van der Waals surface area contributed by atoms with Crippen molar-refractivity contribution in [1.29, 1.82) is 5.26 Å². The van der Waals surface area contributed by atoms with E-state index in [2.05, 4.69) is 32.2 Å². The Kier molecular flexibility index (Phi) is 7.33. The van der Waals surface area contributed by atoms with Crippen molar-refractivity contribution in [3.05, 3.63) is 0 Å². The Balaban J connectivity index is 3.48. The van der Waals surface area contributed by atoms with Gasteiger partial charge in [-0.1, -0.05) is 20.8 Å². The van der Waals surface area contributed by atoms with Crippen LogP contribution >= 0.6 is 11.8 Å². The van der Waals surface area contributed by atoms with Gasteiger partial charge in [-0.3, -0.25) is 0 Å². The van der Waals surface area contributed by atoms with Crippen LogP contribution in [0.2, 0.25) is 0 Å². The summed E-state index contributed by atoms with van der Waals surface area (Å²) in [6.07, 6.45) is 1.09. The third-order valence-corrected chi connectivity index (χ3v) is 2.59. The molecular weight excluding hydrogens is 168 g/mol. The fraction of sp³-hybridized carbons (Fsp3) is 0.889. The first-order valence-corrected chi connectivity index (χ1v) is 5.50. The van der Waals surface area contributed by atoms with Crippen molar-refractivity contribution in [1.82, 2.24) is 5.32 Å². The first-order valence-electron chi connectivity index (χ1n) is 4.45. The predicted octanol–water partition coefficient (Wildman–Crippen LogP) is 2.02. The molecule has 0 bridgehead atoms. The Hall–Kier alpha value is -0.200. The maximum absolute atomic E-state index is 8.74. The lowest BCUT2D eigenvalue weighted by Gasteiger charge is -2.11. The van der Waals surface area contributed by atoms with Gasteiger partial charge >= 0.3 is 0 Å². The van der Waals surface area contributed by atoms with Crippen LogP contribution in [0.15, 0.2) is 0 Å². The second-order valence-electron chi connectivity index (χ2n) is 3.02. The van der Waals surface area contributed by atoms with Gasteiger partial charge in [0.2, 0.25) is 0 Å². The highest BCUT2D eigenvalue weighted by Crippen LogP contribution is 2.09. The van der Waals surface area contributed by atoms with Crippen molar-refractivity contribution >= 4 is 11.8 Å². The lowest BCUT2D eigenvalue weighted by molar-refractivity contribution is 0.637. The summed E-state index contributed by atoms with van der Waals surface area (Å²) in [5, 5.41) is 12.5. The van der Waals surface area contributed by atoms with Gasteiger partial charge in [0.15, 0.2) is 0 Å². The highest BCUT2D eigenvalue weighted by Gasteiger charge is 2.06. The summed E-state index contributed by atoms with van der Waals surface area (Å²) in [5.74, 6) is 0.897. The van der Waals surface area contributed by atoms with Crippen LogP contribution in [-0.2, 0) is 0 Å². The molecule has 0 fully saturated rings. The number of nitriles is 1. The molecular formula is C9H18N2S. The molecule has 0 aromatic heterocycles. The quantitative estimate of drug-likeness (QED) is 0.689. The van der Waals surface area contributed by atoms with Gasteiger partial charge in [-0.15, -0.1) is 0 Å². The molecule has 0 amide bonds. The van der Waals surface area contributed by atoms with E-state index in [-0.39, 0.29) is 6.04 Å². The van der Waals surface area contributed by atoms with Crippen molar-refractivity contribution in [2.75, 3.05) is 12.3 Å². The molecule has 1 N–H and O–H groups in total. The molecule has 1 unspecified atom stereocenters. The lowest BCUT2D eigenvalue weighted by Crippen LogP contribution is -2.30. The standard InChI is InChI=1S/C9H18N2S/c1-4-5-11-9(6-10)7-12-8(2)3/h8-9,11H,4-5,7H2,1-3H3. The van der Waals surface area contributed by atoms with Gasteiger partial charge in [-0.25, -0.2) is 0 Å². The van der Waals surface area contributed by atoms with Gasteiger partial charge in [-0.2, -0.15) is 17.0 Å². The minimum Gasteiger partial charge on any atom is -0.301 e. The summed E-state index contributed by atoms with van der Waals surface area (Å²) in [4.78, 5) is 0. The molecule has 0 saturated carbocycles. The Morgan fingerprint density at radius 1 is 1.50 bits per heavy atom. The van der Waals surface area contributed by atoms with E-state index >= 15 is 0 Å². The molecule has 0 aliphatic rings. The molecule has 0 aliphatic carbocycles. The molecule has 0 aliphatic heterocycles. The fourth-order valence-corrected chi connectivity index (χ4v) is 1.52. The zero-order valence-corrected chi connectivity index (χ0v) is 8.95. The van der Waals surface area contributed by atoms with Gasteiger partial charge < -0.3 is 5.32 Å². The van der Waals surface area contributed by atoms with E-state index < -0.39 is 0 Å². The Morgan fingerprint density at radius 2 is 2.17 bits per heavy atom. The third-order valence-electron chi connectivity index (χ3n) is 1.39. The number of hydrogen-bond donors (Lipinski definition) is 1. The van der Waals surface area contributed by atoms with E-state index in [0.717, 1.165) is 18.7 Å². The third kappa shape index (κ3) is 6.51. The second-order valence-corrected chi connectivity index (χ2v) is 4.63. The first kappa shape index (κ1) is 11.8. The highest BCUT2D eigenvalue weighted by atomic mass is 32.2. The van der Waals surface area contributed by atoms with Crippen molar-refractivity contribution in [3.8, 4) is 6.07 Å². The van der Waals surface area contributed by atoms with E-state index in [0.29, 0.717) is 5.25 Å². The molecule has 0 aromatic carbocycles. The molecule has 0 spiro atoms. The van der Waals surface area contributed by atoms with E-state index in [1.54, 1.807) is 0 Å². The van der Waals surface area contributed by atoms with E-state index in [1.807, 2.05) is 11.8 Å². The number of thioether (sulfide) groups is 1. The van der Waals surface area contributed by atoms with Crippen molar-refractivity contribution in [2.24, 2.45) is 0 Å². The number of nitrogens with zero attached hydrogens (tertiary/aromatic N) is 1. The van der Waals surface area contributed by atoms with Crippen molar-refractivity contribution in [3.63, 3.8) is 0 Å². The summed E-state index contributed by atoms with van der Waals surface area (Å²) in [7, 11) is 0. The van der Waals surface area contributed by atoms with Crippen LogP contribution in [0.5, 0.6) is 0 Å². The van der Waals surface area contributed by atoms with Crippen LogP contribution in [-0.4, -0.2) is 23.6 Å². The smallest absolute Gasteiger partial charge is 0.104 e. The minimum absolute atomic E-state index is 0.0253. The lowest BCUT2D eigenvalue weighted by atomic mass is 10.3. The van der Waals surface area contributed by atoms with E-state index in [1.165, 1.54) is 0 Å². The van der Waals surface area contributed by atoms with Gasteiger partial charge in [0, 0.05) is 5.75 Å². The molecule has 0 radical (unpaired) electrons. The van der Waals surface area contributed by atoms with E-state index in [9.17, 15) is 0 Å². The summed E-state index contributed by atoms with van der Waals surface area (Å²) >= 11 is 1.83. The van der Waals surface area contributed by atoms with Gasteiger partial charge in [0.05, 0.1) is 6.07 Å². The molecule has 0 rings (SSSR count). The highest BCUT2D eigenvalue weighted by molar-refractivity contribution is 7.99. The minimum atomic E-state index is 0.0253. The molecule has 70 valence electrons. The Labute approximate surface area is 79.7 Å². The van der Waals surface area contributed by atoms with Crippen LogP contribution in [0.3, 0.4) is 0 Å². The maximum atomic E-state index is 8.74. The van der Waals surface area contributed by atoms with Crippen LogP contribution < -0.4 is 5.32 Å². The van der Waals surface area contributed by atoms with Crippen molar-refractivity contribution < 1.29 is 0 Å². The number of hydrogen-bond acceptors (Lipinski definition) is 3. The molecule has 0 heterocycles.